The van der Waals surface area contributed by atoms with Crippen molar-refractivity contribution in [1.29, 1.82) is 0 Å². The molecule has 0 saturated carbocycles. The quantitative estimate of drug-likeness (QED) is 0.809. The Hall–Kier alpha value is -2.01. The lowest BCUT2D eigenvalue weighted by Crippen LogP contribution is -2.13. The molecule has 1 aromatic heterocycles. The number of para-hydroxylation sites is 1. The number of aromatic nitrogens is 1. The van der Waals surface area contributed by atoms with Crippen LogP contribution in [-0.2, 0) is 13.2 Å². The first-order valence-electron chi connectivity index (χ1n) is 7.25. The molecule has 0 aliphatic heterocycles. The highest BCUT2D eigenvalue weighted by Crippen LogP contribution is 2.32. The summed E-state index contributed by atoms with van der Waals surface area (Å²) in [7, 11) is 0. The van der Waals surface area contributed by atoms with E-state index < -0.39 is 0 Å². The molecule has 2 rings (SSSR count). The first-order chi connectivity index (χ1) is 10.2. The molecule has 2 aromatic rings. The topological polar surface area (TPSA) is 56.5 Å². The van der Waals surface area contributed by atoms with Gasteiger partial charge in [0, 0.05) is 18.2 Å². The molecular weight excluding hydrogens is 268 g/mol. The molecule has 0 amide bonds. The van der Waals surface area contributed by atoms with E-state index in [4.69, 9.17) is 14.0 Å². The van der Waals surface area contributed by atoms with Crippen LogP contribution in [0.2, 0.25) is 0 Å². The van der Waals surface area contributed by atoms with Gasteiger partial charge in [-0.15, -0.1) is 0 Å². The van der Waals surface area contributed by atoms with Gasteiger partial charge in [0.25, 0.3) is 0 Å². The van der Waals surface area contributed by atoms with Gasteiger partial charge < -0.3 is 19.3 Å². The molecule has 1 aromatic carbocycles. The predicted molar refractivity (Wildman–Crippen MR) is 80.6 cm³/mol. The van der Waals surface area contributed by atoms with Gasteiger partial charge in [0.2, 0.25) is 0 Å². The van der Waals surface area contributed by atoms with Gasteiger partial charge in [0.15, 0.2) is 11.5 Å². The lowest BCUT2D eigenvalue weighted by Gasteiger charge is -2.15. The molecule has 0 fully saturated rings. The molecule has 0 aliphatic carbocycles. The Kier molecular flexibility index (Phi) is 5.63. The van der Waals surface area contributed by atoms with Crippen molar-refractivity contribution >= 4 is 0 Å². The number of benzene rings is 1. The summed E-state index contributed by atoms with van der Waals surface area (Å²) < 4.78 is 16.6. The minimum atomic E-state index is 0.362. The van der Waals surface area contributed by atoms with Gasteiger partial charge in [-0.1, -0.05) is 24.2 Å². The third-order valence-corrected chi connectivity index (χ3v) is 2.97. The third kappa shape index (κ3) is 4.23. The molecule has 0 spiro atoms. The maximum atomic E-state index is 5.93. The van der Waals surface area contributed by atoms with E-state index in [-0.39, 0.29) is 0 Å². The van der Waals surface area contributed by atoms with E-state index in [0.29, 0.717) is 13.2 Å². The normalized spacial score (nSPS) is 10.6. The first kappa shape index (κ1) is 15.4. The third-order valence-electron chi connectivity index (χ3n) is 2.97. The fourth-order valence-electron chi connectivity index (χ4n) is 2.03. The smallest absolute Gasteiger partial charge is 0.166 e. The summed E-state index contributed by atoms with van der Waals surface area (Å²) in [5.41, 5.74) is 1.84. The number of hydrogen-bond acceptors (Lipinski definition) is 5. The standard InChI is InChI=1S/C16H22N2O3/c1-4-17-10-13-7-6-8-15(19-5-2)16(13)20-11-14-9-12(3)21-18-14/h6-9,17H,4-5,10-11H2,1-3H3. The highest BCUT2D eigenvalue weighted by Gasteiger charge is 2.12. The van der Waals surface area contributed by atoms with E-state index in [2.05, 4.69) is 17.4 Å². The van der Waals surface area contributed by atoms with Crippen molar-refractivity contribution in [1.82, 2.24) is 10.5 Å². The summed E-state index contributed by atoms with van der Waals surface area (Å²) >= 11 is 0. The van der Waals surface area contributed by atoms with Gasteiger partial charge in [-0.05, 0) is 26.5 Å². The van der Waals surface area contributed by atoms with Crippen LogP contribution in [0.4, 0.5) is 0 Å². The number of aryl methyl sites for hydroxylation is 1. The number of nitrogens with one attached hydrogen (secondary N) is 1. The molecule has 0 radical (unpaired) electrons. The summed E-state index contributed by atoms with van der Waals surface area (Å²) in [6.45, 7) is 8.50. The van der Waals surface area contributed by atoms with Crippen LogP contribution >= 0.6 is 0 Å². The molecule has 0 aliphatic rings. The molecule has 1 N–H and O–H groups in total. The highest BCUT2D eigenvalue weighted by atomic mass is 16.5. The maximum absolute atomic E-state index is 5.93. The predicted octanol–water partition coefficient (Wildman–Crippen LogP) is 3.07. The highest BCUT2D eigenvalue weighted by molar-refractivity contribution is 5.46. The van der Waals surface area contributed by atoms with Crippen LogP contribution in [-0.4, -0.2) is 18.3 Å². The SMILES string of the molecule is CCNCc1cccc(OCC)c1OCc1cc(C)on1. The van der Waals surface area contributed by atoms with E-state index in [9.17, 15) is 0 Å². The Bertz CT molecular complexity index is 566. The Balaban J connectivity index is 2.16. The van der Waals surface area contributed by atoms with E-state index in [1.165, 1.54) is 0 Å². The number of rotatable bonds is 8. The monoisotopic (exact) mass is 290 g/mol. The van der Waals surface area contributed by atoms with Crippen molar-refractivity contribution in [2.24, 2.45) is 0 Å². The Morgan fingerprint density at radius 2 is 2.10 bits per heavy atom. The minimum absolute atomic E-state index is 0.362. The molecule has 5 heteroatoms. The number of hydrogen-bond donors (Lipinski definition) is 1. The lowest BCUT2D eigenvalue weighted by molar-refractivity contribution is 0.257. The fourth-order valence-corrected chi connectivity index (χ4v) is 2.03. The number of ether oxygens (including phenoxy) is 2. The number of nitrogens with zero attached hydrogens (tertiary/aromatic N) is 1. The van der Waals surface area contributed by atoms with Crippen LogP contribution in [0.3, 0.4) is 0 Å². The summed E-state index contributed by atoms with van der Waals surface area (Å²) in [6.07, 6.45) is 0. The summed E-state index contributed by atoms with van der Waals surface area (Å²) in [5, 5.41) is 7.25. The second-order valence-electron chi connectivity index (χ2n) is 4.68. The molecule has 21 heavy (non-hydrogen) atoms. The van der Waals surface area contributed by atoms with Crippen LogP contribution in [0.15, 0.2) is 28.8 Å². The van der Waals surface area contributed by atoms with Gasteiger partial charge in [0.05, 0.1) is 6.61 Å². The van der Waals surface area contributed by atoms with Crippen molar-refractivity contribution in [2.75, 3.05) is 13.2 Å². The second-order valence-corrected chi connectivity index (χ2v) is 4.68. The average Bonchev–Trinajstić information content (AvgIpc) is 2.90. The summed E-state index contributed by atoms with van der Waals surface area (Å²) in [4.78, 5) is 0. The molecule has 5 nitrogen and oxygen atoms in total. The minimum Gasteiger partial charge on any atom is -0.490 e. The van der Waals surface area contributed by atoms with Crippen LogP contribution in [0.25, 0.3) is 0 Å². The fraction of sp³-hybridized carbons (Fsp3) is 0.438. The van der Waals surface area contributed by atoms with Gasteiger partial charge in [-0.25, -0.2) is 0 Å². The van der Waals surface area contributed by atoms with Gasteiger partial charge >= 0.3 is 0 Å². The zero-order valence-electron chi connectivity index (χ0n) is 12.8. The molecule has 0 unspecified atom stereocenters. The molecule has 114 valence electrons. The van der Waals surface area contributed by atoms with Crippen molar-refractivity contribution in [2.45, 2.75) is 33.9 Å². The van der Waals surface area contributed by atoms with E-state index in [0.717, 1.165) is 41.6 Å². The first-order valence-corrected chi connectivity index (χ1v) is 7.25. The van der Waals surface area contributed by atoms with Crippen LogP contribution < -0.4 is 14.8 Å². The molecule has 0 saturated heterocycles. The van der Waals surface area contributed by atoms with Crippen molar-refractivity contribution in [3.8, 4) is 11.5 Å². The Morgan fingerprint density at radius 1 is 1.24 bits per heavy atom. The summed E-state index contributed by atoms with van der Waals surface area (Å²) in [6, 6.07) is 7.80. The molecule has 1 heterocycles. The van der Waals surface area contributed by atoms with Gasteiger partial charge in [-0.2, -0.15) is 0 Å². The van der Waals surface area contributed by atoms with Crippen molar-refractivity contribution in [3.63, 3.8) is 0 Å². The average molecular weight is 290 g/mol. The van der Waals surface area contributed by atoms with Gasteiger partial charge in [-0.3, -0.25) is 0 Å². The van der Waals surface area contributed by atoms with Crippen molar-refractivity contribution in [3.05, 3.63) is 41.3 Å². The Morgan fingerprint density at radius 3 is 2.76 bits per heavy atom. The Labute approximate surface area is 125 Å². The summed E-state index contributed by atoms with van der Waals surface area (Å²) in [5.74, 6) is 2.30. The molecule has 0 bridgehead atoms. The van der Waals surface area contributed by atoms with Crippen LogP contribution in [0.1, 0.15) is 30.9 Å². The zero-order chi connectivity index (χ0) is 15.1. The van der Waals surface area contributed by atoms with E-state index in [1.807, 2.05) is 38.1 Å². The van der Waals surface area contributed by atoms with E-state index in [1.54, 1.807) is 0 Å². The zero-order valence-corrected chi connectivity index (χ0v) is 12.8. The van der Waals surface area contributed by atoms with Crippen LogP contribution in [0, 0.1) is 6.92 Å². The second kappa shape index (κ2) is 7.69. The maximum Gasteiger partial charge on any atom is 0.166 e. The lowest BCUT2D eigenvalue weighted by atomic mass is 10.2. The van der Waals surface area contributed by atoms with Crippen molar-refractivity contribution < 1.29 is 14.0 Å². The van der Waals surface area contributed by atoms with E-state index >= 15 is 0 Å². The molecule has 0 atom stereocenters. The van der Waals surface area contributed by atoms with Crippen LogP contribution in [0.5, 0.6) is 11.5 Å². The van der Waals surface area contributed by atoms with Gasteiger partial charge in [0.1, 0.15) is 18.1 Å². The largest absolute Gasteiger partial charge is 0.490 e. The molecular formula is C16H22N2O3.